The molecule has 1 atom stereocenters. The van der Waals surface area contributed by atoms with Crippen molar-refractivity contribution in [2.45, 2.75) is 33.5 Å². The molecule has 0 aliphatic heterocycles. The zero-order valence-corrected chi connectivity index (χ0v) is 12.6. The zero-order chi connectivity index (χ0) is 16.1. The van der Waals surface area contributed by atoms with Crippen LogP contribution in [0.2, 0.25) is 0 Å². The van der Waals surface area contributed by atoms with Crippen molar-refractivity contribution in [3.63, 3.8) is 0 Å². The van der Waals surface area contributed by atoms with Crippen LogP contribution in [0.4, 0.5) is 5.69 Å². The van der Waals surface area contributed by atoms with Crippen molar-refractivity contribution < 1.29 is 18.9 Å². The molecule has 0 N–H and O–H groups in total. The summed E-state index contributed by atoms with van der Waals surface area (Å²) in [7, 11) is 0. The Bertz CT molecular complexity index is 656. The summed E-state index contributed by atoms with van der Waals surface area (Å²) >= 11 is 0. The number of hydrogen-bond donors (Lipinski definition) is 0. The molecule has 8 heteroatoms. The Kier molecular flexibility index (Phi) is 5.05. The molecule has 0 amide bonds. The molecule has 2 rings (SSSR count). The highest BCUT2D eigenvalue weighted by molar-refractivity contribution is 5.48. The number of aryl methyl sites for hydroxylation is 1. The molecule has 0 bridgehead atoms. The lowest BCUT2D eigenvalue weighted by molar-refractivity contribution is -0.386. The Morgan fingerprint density at radius 1 is 1.45 bits per heavy atom. The molecular weight excluding hydrogens is 290 g/mol. The Morgan fingerprint density at radius 3 is 2.91 bits per heavy atom. The molecule has 1 aromatic carbocycles. The molecule has 22 heavy (non-hydrogen) atoms. The predicted molar refractivity (Wildman–Crippen MR) is 76.5 cm³/mol. The second-order valence-electron chi connectivity index (χ2n) is 4.66. The predicted octanol–water partition coefficient (Wildman–Crippen LogP) is 2.96. The van der Waals surface area contributed by atoms with E-state index in [9.17, 15) is 10.1 Å². The van der Waals surface area contributed by atoms with Gasteiger partial charge in [0, 0.05) is 12.7 Å². The van der Waals surface area contributed by atoms with E-state index in [-0.39, 0.29) is 30.0 Å². The minimum Gasteiger partial charge on any atom is -0.477 e. The zero-order valence-electron chi connectivity index (χ0n) is 12.6. The van der Waals surface area contributed by atoms with E-state index >= 15 is 0 Å². The van der Waals surface area contributed by atoms with Crippen molar-refractivity contribution in [2.24, 2.45) is 0 Å². The number of rotatable bonds is 7. The van der Waals surface area contributed by atoms with Crippen LogP contribution >= 0.6 is 0 Å². The lowest BCUT2D eigenvalue weighted by Gasteiger charge is -2.05. The van der Waals surface area contributed by atoms with Crippen LogP contribution < -0.4 is 4.74 Å². The van der Waals surface area contributed by atoms with Crippen LogP contribution in [0.15, 0.2) is 22.7 Å². The molecule has 1 aromatic heterocycles. The van der Waals surface area contributed by atoms with E-state index in [0.717, 1.165) is 5.56 Å². The summed E-state index contributed by atoms with van der Waals surface area (Å²) in [6.45, 7) is 5.95. The van der Waals surface area contributed by atoms with Gasteiger partial charge in [0.15, 0.2) is 18.2 Å². The maximum atomic E-state index is 11.0. The van der Waals surface area contributed by atoms with Crippen molar-refractivity contribution >= 4 is 5.69 Å². The molecule has 118 valence electrons. The summed E-state index contributed by atoms with van der Waals surface area (Å²) in [5.74, 6) is 0.809. The first-order valence-corrected chi connectivity index (χ1v) is 6.83. The van der Waals surface area contributed by atoms with Gasteiger partial charge in [-0.15, -0.1) is 0 Å². The van der Waals surface area contributed by atoms with Crippen molar-refractivity contribution in [3.05, 3.63) is 45.6 Å². The Hall–Kier alpha value is -2.48. The van der Waals surface area contributed by atoms with Gasteiger partial charge in [-0.25, -0.2) is 0 Å². The van der Waals surface area contributed by atoms with Crippen LogP contribution in [-0.2, 0) is 11.3 Å². The van der Waals surface area contributed by atoms with Gasteiger partial charge in [-0.3, -0.25) is 10.1 Å². The molecule has 0 fully saturated rings. The number of nitro groups is 1. The van der Waals surface area contributed by atoms with E-state index in [1.807, 2.05) is 13.8 Å². The van der Waals surface area contributed by atoms with Gasteiger partial charge in [-0.2, -0.15) is 4.98 Å². The van der Waals surface area contributed by atoms with E-state index in [4.69, 9.17) is 14.0 Å². The fraction of sp³-hybridized carbons (Fsp3) is 0.429. The maximum Gasteiger partial charge on any atom is 0.311 e. The molecule has 1 unspecified atom stereocenters. The highest BCUT2D eigenvalue weighted by Gasteiger charge is 2.18. The van der Waals surface area contributed by atoms with Crippen LogP contribution in [-0.4, -0.2) is 21.7 Å². The highest BCUT2D eigenvalue weighted by atomic mass is 16.6. The van der Waals surface area contributed by atoms with Crippen molar-refractivity contribution in [1.29, 1.82) is 0 Å². The number of benzene rings is 1. The second-order valence-corrected chi connectivity index (χ2v) is 4.66. The monoisotopic (exact) mass is 307 g/mol. The maximum absolute atomic E-state index is 11.0. The third-order valence-corrected chi connectivity index (χ3v) is 2.93. The van der Waals surface area contributed by atoms with Crippen molar-refractivity contribution in [3.8, 4) is 5.75 Å². The van der Waals surface area contributed by atoms with Crippen molar-refractivity contribution in [1.82, 2.24) is 10.1 Å². The van der Waals surface area contributed by atoms with E-state index < -0.39 is 4.92 Å². The largest absolute Gasteiger partial charge is 0.477 e. The smallest absolute Gasteiger partial charge is 0.311 e. The molecule has 1 heterocycles. The molecule has 0 spiro atoms. The van der Waals surface area contributed by atoms with Crippen LogP contribution in [0.5, 0.6) is 5.75 Å². The first-order chi connectivity index (χ1) is 10.5. The van der Waals surface area contributed by atoms with Crippen LogP contribution in [0.3, 0.4) is 0 Å². The van der Waals surface area contributed by atoms with Gasteiger partial charge in [0.25, 0.3) is 5.89 Å². The number of nitro benzene ring substituents is 1. The van der Waals surface area contributed by atoms with Gasteiger partial charge < -0.3 is 14.0 Å². The summed E-state index contributed by atoms with van der Waals surface area (Å²) in [5, 5.41) is 14.8. The SMILES string of the molecule is CCOC(C)c1noc(COc2ccc(C)cc2[N+](=O)[O-])n1. The van der Waals surface area contributed by atoms with Gasteiger partial charge in [0.2, 0.25) is 0 Å². The quantitative estimate of drug-likeness (QED) is 0.572. The molecule has 2 aromatic rings. The average molecular weight is 307 g/mol. The number of nitrogens with zero attached hydrogens (tertiary/aromatic N) is 3. The van der Waals surface area contributed by atoms with Crippen LogP contribution in [0, 0.1) is 17.0 Å². The van der Waals surface area contributed by atoms with E-state index in [1.165, 1.54) is 6.07 Å². The topological polar surface area (TPSA) is 101 Å². The Morgan fingerprint density at radius 2 is 2.23 bits per heavy atom. The normalized spacial score (nSPS) is 12.1. The summed E-state index contributed by atoms with van der Waals surface area (Å²) in [6.07, 6.45) is -0.281. The number of ether oxygens (including phenoxy) is 2. The Balaban J connectivity index is 2.06. The molecular formula is C14H17N3O5. The fourth-order valence-electron chi connectivity index (χ4n) is 1.85. The average Bonchev–Trinajstić information content (AvgIpc) is 2.95. The van der Waals surface area contributed by atoms with Gasteiger partial charge in [0.1, 0.15) is 6.10 Å². The second kappa shape index (κ2) is 6.99. The molecule has 0 aliphatic carbocycles. The van der Waals surface area contributed by atoms with Gasteiger partial charge >= 0.3 is 5.69 Å². The van der Waals surface area contributed by atoms with Crippen LogP contribution in [0.25, 0.3) is 0 Å². The third-order valence-electron chi connectivity index (χ3n) is 2.93. The standard InChI is InChI=1S/C14H17N3O5/c1-4-20-10(3)14-15-13(22-16-14)8-21-12-6-5-9(2)7-11(12)17(18)19/h5-7,10H,4,8H2,1-3H3. The molecule has 8 nitrogen and oxygen atoms in total. The number of aromatic nitrogens is 2. The minimum absolute atomic E-state index is 0.0459. The summed E-state index contributed by atoms with van der Waals surface area (Å²) in [6, 6.07) is 4.73. The summed E-state index contributed by atoms with van der Waals surface area (Å²) < 4.78 is 15.8. The lowest BCUT2D eigenvalue weighted by atomic mass is 10.2. The van der Waals surface area contributed by atoms with Gasteiger partial charge in [0.05, 0.1) is 4.92 Å². The fourth-order valence-corrected chi connectivity index (χ4v) is 1.85. The van der Waals surface area contributed by atoms with Gasteiger partial charge in [-0.1, -0.05) is 11.2 Å². The van der Waals surface area contributed by atoms with Gasteiger partial charge in [-0.05, 0) is 32.4 Å². The summed E-state index contributed by atoms with van der Waals surface area (Å²) in [5.41, 5.74) is 0.687. The summed E-state index contributed by atoms with van der Waals surface area (Å²) in [4.78, 5) is 14.7. The van der Waals surface area contributed by atoms with E-state index in [0.29, 0.717) is 12.4 Å². The third kappa shape index (κ3) is 3.79. The van der Waals surface area contributed by atoms with Crippen molar-refractivity contribution in [2.75, 3.05) is 6.61 Å². The molecule has 0 aliphatic rings. The minimum atomic E-state index is -0.487. The highest BCUT2D eigenvalue weighted by Crippen LogP contribution is 2.28. The first-order valence-electron chi connectivity index (χ1n) is 6.83. The number of hydrogen-bond acceptors (Lipinski definition) is 7. The van der Waals surface area contributed by atoms with E-state index in [1.54, 1.807) is 19.1 Å². The molecule has 0 saturated carbocycles. The van der Waals surface area contributed by atoms with Crippen LogP contribution in [0.1, 0.15) is 37.2 Å². The Labute approximate surface area is 127 Å². The lowest BCUT2D eigenvalue weighted by Crippen LogP contribution is -2.03. The molecule has 0 saturated heterocycles. The molecule has 0 radical (unpaired) electrons. The first kappa shape index (κ1) is 15.9. The van der Waals surface area contributed by atoms with E-state index in [2.05, 4.69) is 10.1 Å².